The molecule has 21 heavy (non-hydrogen) atoms. The van der Waals surface area contributed by atoms with E-state index in [1.807, 2.05) is 11.8 Å². The van der Waals surface area contributed by atoms with Crippen molar-refractivity contribution in [3.63, 3.8) is 0 Å². The van der Waals surface area contributed by atoms with Crippen LogP contribution in [0.15, 0.2) is 12.2 Å². The predicted octanol–water partition coefficient (Wildman–Crippen LogP) is 3.21. The number of aryl methyl sites for hydroxylation is 1. The fourth-order valence-electron chi connectivity index (χ4n) is 2.68. The van der Waals surface area contributed by atoms with Gasteiger partial charge in [-0.15, -0.1) is 11.3 Å². The Hall–Kier alpha value is -1.80. The van der Waals surface area contributed by atoms with Gasteiger partial charge in [0.05, 0.1) is 11.5 Å². The molecule has 0 aliphatic heterocycles. The lowest BCUT2D eigenvalue weighted by molar-refractivity contribution is -0.140. The molecule has 1 heterocycles. The van der Waals surface area contributed by atoms with Gasteiger partial charge in [0.1, 0.15) is 11.1 Å². The van der Waals surface area contributed by atoms with Gasteiger partial charge in [-0.1, -0.05) is 19.1 Å². The number of carbonyl (C=O) groups is 1. The van der Waals surface area contributed by atoms with Crippen molar-refractivity contribution < 1.29 is 9.90 Å². The van der Waals surface area contributed by atoms with Gasteiger partial charge >= 0.3 is 5.97 Å². The van der Waals surface area contributed by atoms with Gasteiger partial charge in [-0.3, -0.25) is 4.79 Å². The summed E-state index contributed by atoms with van der Waals surface area (Å²) in [6, 6.07) is 2.32. The minimum atomic E-state index is -0.815. The molecular formula is C16H20N2O2S. The Morgan fingerprint density at radius 3 is 2.86 bits per heavy atom. The molecule has 1 unspecified atom stereocenters. The molecule has 1 aromatic rings. The van der Waals surface area contributed by atoms with Crippen LogP contribution in [-0.2, 0) is 17.6 Å². The molecule has 0 radical (unpaired) electrons. The van der Waals surface area contributed by atoms with Crippen LogP contribution in [0.5, 0.6) is 0 Å². The zero-order chi connectivity index (χ0) is 15.6. The summed E-state index contributed by atoms with van der Waals surface area (Å²) < 4.78 is 0. The molecule has 0 aromatic carbocycles. The zero-order valence-corrected chi connectivity index (χ0v) is 13.3. The molecule has 5 heteroatoms. The van der Waals surface area contributed by atoms with Crippen molar-refractivity contribution >= 4 is 22.3 Å². The fraction of sp³-hybridized carbons (Fsp3) is 0.500. The van der Waals surface area contributed by atoms with Crippen LogP contribution in [0, 0.1) is 17.2 Å². The molecular weight excluding hydrogens is 284 g/mol. The van der Waals surface area contributed by atoms with E-state index in [9.17, 15) is 10.1 Å². The Kier molecular flexibility index (Phi) is 4.69. The van der Waals surface area contributed by atoms with Gasteiger partial charge in [0.2, 0.25) is 0 Å². The Morgan fingerprint density at radius 2 is 2.29 bits per heavy atom. The first-order chi connectivity index (χ1) is 9.93. The number of rotatable bonds is 6. The minimum absolute atomic E-state index is 0.399. The molecule has 0 spiro atoms. The molecule has 1 aromatic heterocycles. The Morgan fingerprint density at radius 1 is 1.57 bits per heavy atom. The summed E-state index contributed by atoms with van der Waals surface area (Å²) in [4.78, 5) is 14.4. The van der Waals surface area contributed by atoms with E-state index in [4.69, 9.17) is 5.11 Å². The van der Waals surface area contributed by atoms with Crippen molar-refractivity contribution in [3.8, 4) is 6.07 Å². The van der Waals surface area contributed by atoms with Gasteiger partial charge in [-0.25, -0.2) is 0 Å². The number of nitrogens with zero attached hydrogens (tertiary/aromatic N) is 2. The number of nitriles is 1. The summed E-state index contributed by atoms with van der Waals surface area (Å²) in [5.41, 5.74) is 2.88. The number of fused-ring (bicyclic) bond motifs is 1. The number of carboxylic acids is 1. The van der Waals surface area contributed by atoms with Gasteiger partial charge < -0.3 is 10.0 Å². The van der Waals surface area contributed by atoms with E-state index in [1.165, 1.54) is 10.4 Å². The van der Waals surface area contributed by atoms with Crippen LogP contribution < -0.4 is 4.90 Å². The highest BCUT2D eigenvalue weighted by Crippen LogP contribution is 2.41. The lowest BCUT2D eigenvalue weighted by Gasteiger charge is -2.26. The number of thiophene rings is 1. The van der Waals surface area contributed by atoms with Crippen molar-refractivity contribution in [1.29, 1.82) is 5.26 Å². The van der Waals surface area contributed by atoms with Crippen LogP contribution >= 0.6 is 11.3 Å². The van der Waals surface area contributed by atoms with E-state index in [2.05, 4.69) is 12.6 Å². The molecule has 1 aliphatic carbocycles. The van der Waals surface area contributed by atoms with Gasteiger partial charge in [0, 0.05) is 18.0 Å². The van der Waals surface area contributed by atoms with Crippen molar-refractivity contribution in [2.75, 3.05) is 18.0 Å². The molecule has 0 saturated heterocycles. The summed E-state index contributed by atoms with van der Waals surface area (Å²) in [5, 5.41) is 19.5. The van der Waals surface area contributed by atoms with Crippen LogP contribution in [0.2, 0.25) is 0 Å². The molecule has 0 bridgehead atoms. The number of hydrogen-bond donors (Lipinski definition) is 1. The van der Waals surface area contributed by atoms with Crippen molar-refractivity contribution in [3.05, 3.63) is 28.2 Å². The Labute approximate surface area is 129 Å². The fourth-order valence-corrected chi connectivity index (χ4v) is 4.03. The number of aliphatic carboxylic acids is 1. The second kappa shape index (κ2) is 6.31. The van der Waals surface area contributed by atoms with E-state index < -0.39 is 11.9 Å². The summed E-state index contributed by atoms with van der Waals surface area (Å²) >= 11 is 1.65. The summed E-state index contributed by atoms with van der Waals surface area (Å²) in [6.45, 7) is 8.53. The molecule has 112 valence electrons. The highest BCUT2D eigenvalue weighted by atomic mass is 32.1. The van der Waals surface area contributed by atoms with Crippen molar-refractivity contribution in [2.24, 2.45) is 5.92 Å². The summed E-state index contributed by atoms with van der Waals surface area (Å²) in [7, 11) is 0. The third-order valence-corrected chi connectivity index (χ3v) is 5.03. The first kappa shape index (κ1) is 15.6. The average Bonchev–Trinajstić information content (AvgIpc) is 2.96. The topological polar surface area (TPSA) is 64.3 Å². The SMILES string of the molecule is C=C(C)CN(CC(C)C(=O)O)c1sc2c(c1C#N)CCC2. The van der Waals surface area contributed by atoms with E-state index in [0.717, 1.165) is 35.4 Å². The second-order valence-electron chi connectivity index (χ2n) is 5.73. The third-order valence-electron chi connectivity index (χ3n) is 3.68. The molecule has 1 N–H and O–H groups in total. The largest absolute Gasteiger partial charge is 0.481 e. The second-order valence-corrected chi connectivity index (χ2v) is 6.81. The maximum atomic E-state index is 11.1. The Bertz CT molecular complexity index is 613. The first-order valence-electron chi connectivity index (χ1n) is 7.10. The monoisotopic (exact) mass is 304 g/mol. The van der Waals surface area contributed by atoms with Gasteiger partial charge in [0.25, 0.3) is 0 Å². The normalized spacial score (nSPS) is 14.3. The Balaban J connectivity index is 2.35. The molecule has 0 amide bonds. The average molecular weight is 304 g/mol. The third kappa shape index (κ3) is 3.27. The van der Waals surface area contributed by atoms with Crippen LogP contribution in [0.4, 0.5) is 5.00 Å². The molecule has 0 saturated carbocycles. The van der Waals surface area contributed by atoms with Crippen LogP contribution in [0.1, 0.15) is 36.3 Å². The quantitative estimate of drug-likeness (QED) is 0.820. The standard InChI is InChI=1S/C16H20N2O2S/c1-10(2)8-18(9-11(3)16(19)20)15-13(7-17)12-5-4-6-14(12)21-15/h11H,1,4-6,8-9H2,2-3H3,(H,19,20). The number of hydrogen-bond acceptors (Lipinski definition) is 4. The summed E-state index contributed by atoms with van der Waals surface area (Å²) in [5.74, 6) is -1.29. The van der Waals surface area contributed by atoms with E-state index in [-0.39, 0.29) is 0 Å². The van der Waals surface area contributed by atoms with E-state index >= 15 is 0 Å². The lowest BCUT2D eigenvalue weighted by Crippen LogP contribution is -2.33. The molecule has 2 rings (SSSR count). The first-order valence-corrected chi connectivity index (χ1v) is 7.92. The van der Waals surface area contributed by atoms with Crippen LogP contribution in [0.25, 0.3) is 0 Å². The maximum Gasteiger partial charge on any atom is 0.308 e. The van der Waals surface area contributed by atoms with Crippen molar-refractivity contribution in [2.45, 2.75) is 33.1 Å². The summed E-state index contributed by atoms with van der Waals surface area (Å²) in [6.07, 6.45) is 3.11. The van der Waals surface area contributed by atoms with Crippen LogP contribution in [0.3, 0.4) is 0 Å². The smallest absolute Gasteiger partial charge is 0.308 e. The van der Waals surface area contributed by atoms with Crippen molar-refractivity contribution in [1.82, 2.24) is 0 Å². The van der Waals surface area contributed by atoms with E-state index in [0.29, 0.717) is 13.1 Å². The highest BCUT2D eigenvalue weighted by Gasteiger charge is 2.26. The number of carboxylic acid groups (broad SMARTS) is 1. The molecule has 1 atom stereocenters. The lowest BCUT2D eigenvalue weighted by atomic mass is 10.1. The zero-order valence-electron chi connectivity index (χ0n) is 12.5. The van der Waals surface area contributed by atoms with Gasteiger partial charge in [-0.05, 0) is 31.7 Å². The predicted molar refractivity (Wildman–Crippen MR) is 84.9 cm³/mol. The maximum absolute atomic E-state index is 11.1. The van der Waals surface area contributed by atoms with Gasteiger partial charge in [-0.2, -0.15) is 5.26 Å². The highest BCUT2D eigenvalue weighted by molar-refractivity contribution is 7.16. The van der Waals surface area contributed by atoms with E-state index in [1.54, 1.807) is 18.3 Å². The minimum Gasteiger partial charge on any atom is -0.481 e. The molecule has 0 fully saturated rings. The van der Waals surface area contributed by atoms with Crippen LogP contribution in [-0.4, -0.2) is 24.2 Å². The van der Waals surface area contributed by atoms with Gasteiger partial charge in [0.15, 0.2) is 0 Å². The molecule has 4 nitrogen and oxygen atoms in total. The number of anilines is 1. The molecule has 1 aliphatic rings.